The van der Waals surface area contributed by atoms with Crippen molar-refractivity contribution in [2.24, 2.45) is 5.92 Å². The summed E-state index contributed by atoms with van der Waals surface area (Å²) >= 11 is 0. The molecule has 1 aromatic carbocycles. The van der Waals surface area contributed by atoms with Crippen LogP contribution in [0.25, 0.3) is 0 Å². The Morgan fingerprint density at radius 2 is 2.20 bits per heavy atom. The fourth-order valence-electron chi connectivity index (χ4n) is 2.28. The third-order valence-corrected chi connectivity index (χ3v) is 3.45. The van der Waals surface area contributed by atoms with Crippen molar-refractivity contribution in [1.29, 1.82) is 0 Å². The number of benzene rings is 1. The molecule has 2 rings (SSSR count). The zero-order valence-corrected chi connectivity index (χ0v) is 11.1. The van der Waals surface area contributed by atoms with Crippen LogP contribution in [0.3, 0.4) is 0 Å². The van der Waals surface area contributed by atoms with Gasteiger partial charge in [-0.2, -0.15) is 0 Å². The van der Waals surface area contributed by atoms with E-state index in [1.54, 1.807) is 0 Å². The molecule has 0 saturated carbocycles. The number of carboxylic acid groups (broad SMARTS) is 1. The van der Waals surface area contributed by atoms with Crippen LogP contribution in [0.1, 0.15) is 30.1 Å². The summed E-state index contributed by atoms with van der Waals surface area (Å²) in [7, 11) is 0. The van der Waals surface area contributed by atoms with Gasteiger partial charge in [0.05, 0.1) is 17.3 Å². The molecule has 108 valence electrons. The Labute approximate surface area is 116 Å². The average Bonchev–Trinajstić information content (AvgIpc) is 2.41. The van der Waals surface area contributed by atoms with Crippen LogP contribution in [0.5, 0.6) is 0 Å². The summed E-state index contributed by atoms with van der Waals surface area (Å²) < 4.78 is 13.6. The highest BCUT2D eigenvalue weighted by Crippen LogP contribution is 2.19. The van der Waals surface area contributed by atoms with E-state index in [4.69, 9.17) is 5.11 Å². The van der Waals surface area contributed by atoms with Gasteiger partial charge in [-0.25, -0.2) is 9.18 Å². The van der Waals surface area contributed by atoms with E-state index in [9.17, 15) is 14.0 Å². The molecule has 20 heavy (non-hydrogen) atoms. The number of piperidine rings is 1. The van der Waals surface area contributed by atoms with Gasteiger partial charge in [-0.05, 0) is 43.5 Å². The molecule has 1 saturated heterocycles. The quantitative estimate of drug-likeness (QED) is 0.789. The van der Waals surface area contributed by atoms with Crippen molar-refractivity contribution in [3.8, 4) is 0 Å². The molecular formula is C14H17FN2O3. The van der Waals surface area contributed by atoms with E-state index in [2.05, 4.69) is 17.6 Å². The lowest BCUT2D eigenvalue weighted by molar-refractivity contribution is -0.119. The monoisotopic (exact) mass is 280 g/mol. The van der Waals surface area contributed by atoms with Crippen molar-refractivity contribution in [1.82, 2.24) is 5.32 Å². The number of nitrogens with one attached hydrogen (secondary N) is 2. The Morgan fingerprint density at radius 1 is 1.45 bits per heavy atom. The summed E-state index contributed by atoms with van der Waals surface area (Å²) in [4.78, 5) is 22.9. The molecule has 1 aromatic rings. The molecule has 6 heteroatoms. The average molecular weight is 280 g/mol. The lowest BCUT2D eigenvalue weighted by Crippen LogP contribution is -2.45. The van der Waals surface area contributed by atoms with Crippen molar-refractivity contribution in [2.75, 3.05) is 11.9 Å². The molecule has 2 unspecified atom stereocenters. The molecule has 1 fully saturated rings. The van der Waals surface area contributed by atoms with Gasteiger partial charge in [-0.15, -0.1) is 0 Å². The Bertz CT molecular complexity index is 533. The first-order valence-corrected chi connectivity index (χ1v) is 6.54. The predicted octanol–water partition coefficient (Wildman–Crippen LogP) is 1.85. The van der Waals surface area contributed by atoms with Crippen molar-refractivity contribution in [3.05, 3.63) is 29.6 Å². The zero-order chi connectivity index (χ0) is 14.7. The number of aromatic carboxylic acids is 1. The SMILES string of the molecule is CC1CCNC(C(=O)Nc2cc(C(=O)O)ccc2F)C1. The van der Waals surface area contributed by atoms with E-state index >= 15 is 0 Å². The number of hydrogen-bond acceptors (Lipinski definition) is 3. The fourth-order valence-corrected chi connectivity index (χ4v) is 2.28. The lowest BCUT2D eigenvalue weighted by atomic mass is 9.94. The summed E-state index contributed by atoms with van der Waals surface area (Å²) in [6, 6.07) is 2.96. The third-order valence-electron chi connectivity index (χ3n) is 3.45. The van der Waals surface area contributed by atoms with E-state index in [1.807, 2.05) is 0 Å². The third kappa shape index (κ3) is 3.33. The minimum Gasteiger partial charge on any atom is -0.478 e. The molecule has 1 aliphatic heterocycles. The Morgan fingerprint density at radius 3 is 2.85 bits per heavy atom. The second-order valence-electron chi connectivity index (χ2n) is 5.13. The van der Waals surface area contributed by atoms with Crippen LogP contribution in [-0.4, -0.2) is 29.6 Å². The maximum atomic E-state index is 13.6. The number of carboxylic acids is 1. The number of carbonyl (C=O) groups is 2. The van der Waals surface area contributed by atoms with E-state index < -0.39 is 11.8 Å². The van der Waals surface area contributed by atoms with Gasteiger partial charge in [0.15, 0.2) is 0 Å². The molecule has 3 N–H and O–H groups in total. The molecular weight excluding hydrogens is 263 g/mol. The standard InChI is InChI=1S/C14H17FN2O3/c1-8-4-5-16-12(6-8)13(18)17-11-7-9(14(19)20)2-3-10(11)15/h2-3,7-8,12,16H,4-6H2,1H3,(H,17,18)(H,19,20). The van der Waals surface area contributed by atoms with Crippen molar-refractivity contribution in [2.45, 2.75) is 25.8 Å². The molecule has 0 bridgehead atoms. The van der Waals surface area contributed by atoms with E-state index in [0.717, 1.165) is 31.2 Å². The van der Waals surface area contributed by atoms with Crippen LogP contribution in [0.2, 0.25) is 0 Å². The van der Waals surface area contributed by atoms with Crippen molar-refractivity contribution >= 4 is 17.6 Å². The van der Waals surface area contributed by atoms with E-state index in [-0.39, 0.29) is 23.2 Å². The van der Waals surface area contributed by atoms with E-state index in [0.29, 0.717) is 12.3 Å². The second kappa shape index (κ2) is 6.00. The highest BCUT2D eigenvalue weighted by molar-refractivity contribution is 5.96. The molecule has 0 aliphatic carbocycles. The first-order chi connectivity index (χ1) is 9.47. The summed E-state index contributed by atoms with van der Waals surface area (Å²) in [6.45, 7) is 2.81. The molecule has 0 radical (unpaired) electrons. The van der Waals surface area contributed by atoms with Gasteiger partial charge >= 0.3 is 5.97 Å². The summed E-state index contributed by atoms with van der Waals surface area (Å²) in [6.07, 6.45) is 1.69. The van der Waals surface area contributed by atoms with Crippen molar-refractivity contribution < 1.29 is 19.1 Å². The highest BCUT2D eigenvalue weighted by atomic mass is 19.1. The van der Waals surface area contributed by atoms with Gasteiger partial charge < -0.3 is 15.7 Å². The van der Waals surface area contributed by atoms with Gasteiger partial charge in [0.25, 0.3) is 0 Å². The van der Waals surface area contributed by atoms with Crippen LogP contribution in [0.4, 0.5) is 10.1 Å². The van der Waals surface area contributed by atoms with Crippen LogP contribution in [0.15, 0.2) is 18.2 Å². The normalized spacial score (nSPS) is 22.3. The zero-order valence-electron chi connectivity index (χ0n) is 11.1. The van der Waals surface area contributed by atoms with Crippen LogP contribution in [0, 0.1) is 11.7 Å². The van der Waals surface area contributed by atoms with Gasteiger partial charge in [0.2, 0.25) is 5.91 Å². The molecule has 0 spiro atoms. The first-order valence-electron chi connectivity index (χ1n) is 6.54. The number of rotatable bonds is 3. The largest absolute Gasteiger partial charge is 0.478 e. The summed E-state index contributed by atoms with van der Waals surface area (Å²) in [5, 5.41) is 14.4. The highest BCUT2D eigenvalue weighted by Gasteiger charge is 2.25. The lowest BCUT2D eigenvalue weighted by Gasteiger charge is -2.27. The van der Waals surface area contributed by atoms with Crippen LogP contribution < -0.4 is 10.6 Å². The summed E-state index contributed by atoms with van der Waals surface area (Å²) in [5.41, 5.74) is -0.165. The van der Waals surface area contributed by atoms with Crippen molar-refractivity contribution in [3.63, 3.8) is 0 Å². The van der Waals surface area contributed by atoms with Crippen LogP contribution in [-0.2, 0) is 4.79 Å². The molecule has 1 amide bonds. The first kappa shape index (κ1) is 14.5. The van der Waals surface area contributed by atoms with Crippen LogP contribution >= 0.6 is 0 Å². The number of anilines is 1. The summed E-state index contributed by atoms with van der Waals surface area (Å²) in [5.74, 6) is -1.71. The van der Waals surface area contributed by atoms with Gasteiger partial charge in [0, 0.05) is 0 Å². The van der Waals surface area contributed by atoms with Gasteiger partial charge in [-0.1, -0.05) is 6.92 Å². The topological polar surface area (TPSA) is 78.4 Å². The molecule has 5 nitrogen and oxygen atoms in total. The Kier molecular flexibility index (Phi) is 4.34. The number of halogens is 1. The Balaban J connectivity index is 2.10. The molecule has 0 aromatic heterocycles. The second-order valence-corrected chi connectivity index (χ2v) is 5.13. The minimum atomic E-state index is -1.16. The molecule has 1 aliphatic rings. The maximum Gasteiger partial charge on any atom is 0.335 e. The van der Waals surface area contributed by atoms with E-state index in [1.165, 1.54) is 0 Å². The molecule has 1 heterocycles. The number of carbonyl (C=O) groups excluding carboxylic acids is 1. The maximum absolute atomic E-state index is 13.6. The minimum absolute atomic E-state index is 0.0633. The predicted molar refractivity (Wildman–Crippen MR) is 72.2 cm³/mol. The van der Waals surface area contributed by atoms with Gasteiger partial charge in [-0.3, -0.25) is 4.79 Å². The fraction of sp³-hybridized carbons (Fsp3) is 0.429. The number of hydrogen-bond donors (Lipinski definition) is 3. The smallest absolute Gasteiger partial charge is 0.335 e. The Hall–Kier alpha value is -1.95. The van der Waals surface area contributed by atoms with Gasteiger partial charge in [0.1, 0.15) is 5.82 Å². The number of amides is 1. The molecule has 2 atom stereocenters.